The van der Waals surface area contributed by atoms with Gasteiger partial charge in [0, 0.05) is 19.1 Å². The zero-order chi connectivity index (χ0) is 15.3. The molecule has 0 radical (unpaired) electrons. The van der Waals surface area contributed by atoms with Crippen molar-refractivity contribution in [2.24, 2.45) is 0 Å². The van der Waals surface area contributed by atoms with Crippen molar-refractivity contribution >= 4 is 5.97 Å². The van der Waals surface area contributed by atoms with Crippen molar-refractivity contribution in [2.45, 2.75) is 51.4 Å². The third-order valence-corrected chi connectivity index (χ3v) is 2.85. The van der Waals surface area contributed by atoms with E-state index in [4.69, 9.17) is 0 Å². The Morgan fingerprint density at radius 2 is 1.74 bits per heavy atom. The zero-order valence-corrected chi connectivity index (χ0v) is 11.8. The van der Waals surface area contributed by atoms with E-state index in [1.165, 1.54) is 4.90 Å². The molecular formula is C12H23F3N2O2. The summed E-state index contributed by atoms with van der Waals surface area (Å²) in [4.78, 5) is 12.7. The summed E-state index contributed by atoms with van der Waals surface area (Å²) in [6.45, 7) is 5.37. The number of halogens is 3. The first-order valence-corrected chi connectivity index (χ1v) is 6.22. The van der Waals surface area contributed by atoms with Gasteiger partial charge in [0.2, 0.25) is 0 Å². The van der Waals surface area contributed by atoms with E-state index in [1.807, 2.05) is 13.8 Å². The largest absolute Gasteiger partial charge is 0.480 e. The molecular weight excluding hydrogens is 261 g/mol. The Balaban J connectivity index is 4.29. The van der Waals surface area contributed by atoms with Crippen LogP contribution in [0.3, 0.4) is 0 Å². The minimum Gasteiger partial charge on any atom is -0.480 e. The maximum atomic E-state index is 12.1. The van der Waals surface area contributed by atoms with E-state index < -0.39 is 24.1 Å². The Bertz CT molecular complexity index is 295. The van der Waals surface area contributed by atoms with Crippen molar-refractivity contribution in [3.05, 3.63) is 0 Å². The van der Waals surface area contributed by atoms with Gasteiger partial charge < -0.3 is 10.0 Å². The summed E-state index contributed by atoms with van der Waals surface area (Å²) in [7, 11) is 1.56. The molecule has 7 heteroatoms. The molecule has 0 aliphatic rings. The highest BCUT2D eigenvalue weighted by atomic mass is 19.4. The van der Waals surface area contributed by atoms with Gasteiger partial charge in [0.1, 0.15) is 5.54 Å². The van der Waals surface area contributed by atoms with Crippen LogP contribution in [0.2, 0.25) is 0 Å². The average molecular weight is 284 g/mol. The number of carboxylic acid groups (broad SMARTS) is 1. The molecule has 0 aliphatic carbocycles. The van der Waals surface area contributed by atoms with E-state index in [1.54, 1.807) is 14.0 Å². The fourth-order valence-electron chi connectivity index (χ4n) is 1.72. The monoisotopic (exact) mass is 284 g/mol. The molecule has 1 unspecified atom stereocenters. The molecule has 0 saturated heterocycles. The summed E-state index contributed by atoms with van der Waals surface area (Å²) in [5.74, 6) is -0.995. The molecule has 4 nitrogen and oxygen atoms in total. The number of alkyl halides is 3. The van der Waals surface area contributed by atoms with Gasteiger partial charge in [0.15, 0.2) is 0 Å². The van der Waals surface area contributed by atoms with Crippen molar-refractivity contribution < 1.29 is 23.1 Å². The lowest BCUT2D eigenvalue weighted by molar-refractivity contribution is -0.145. The number of carboxylic acids is 1. The van der Waals surface area contributed by atoms with Crippen LogP contribution in [0, 0.1) is 0 Å². The molecule has 0 aromatic rings. The molecule has 0 aliphatic heterocycles. The van der Waals surface area contributed by atoms with E-state index in [-0.39, 0.29) is 19.0 Å². The second-order valence-corrected chi connectivity index (χ2v) is 5.35. The summed E-state index contributed by atoms with van der Waals surface area (Å²) in [6.07, 6.45) is -4.82. The molecule has 19 heavy (non-hydrogen) atoms. The van der Waals surface area contributed by atoms with Crippen molar-refractivity contribution in [1.29, 1.82) is 0 Å². The highest BCUT2D eigenvalue weighted by Crippen LogP contribution is 2.20. The topological polar surface area (TPSA) is 52.6 Å². The van der Waals surface area contributed by atoms with Crippen molar-refractivity contribution in [3.63, 3.8) is 0 Å². The Hall–Kier alpha value is -0.820. The molecule has 0 aromatic carbocycles. The van der Waals surface area contributed by atoms with Crippen LogP contribution in [-0.4, -0.2) is 53.9 Å². The second-order valence-electron chi connectivity index (χ2n) is 5.35. The second kappa shape index (κ2) is 7.09. The quantitative estimate of drug-likeness (QED) is 0.717. The molecule has 0 rings (SSSR count). The molecule has 0 fully saturated rings. The maximum Gasteiger partial charge on any atom is 0.390 e. The van der Waals surface area contributed by atoms with Gasteiger partial charge >= 0.3 is 12.1 Å². The standard InChI is InChI=1S/C12H23F3N2O2/c1-9(2)16-11(3,10(18)19)5-7-17(4)8-6-12(13,14)15/h9,16H,5-8H2,1-4H3,(H,18,19). The zero-order valence-electron chi connectivity index (χ0n) is 11.8. The van der Waals surface area contributed by atoms with Gasteiger partial charge in [0.05, 0.1) is 6.42 Å². The first-order chi connectivity index (χ1) is 8.46. The third-order valence-electron chi connectivity index (χ3n) is 2.85. The first kappa shape index (κ1) is 18.2. The summed E-state index contributed by atoms with van der Waals surface area (Å²) in [6, 6.07) is -0.0124. The SMILES string of the molecule is CC(C)NC(C)(CCN(C)CCC(F)(F)F)C(=O)O. The Morgan fingerprint density at radius 1 is 1.26 bits per heavy atom. The smallest absolute Gasteiger partial charge is 0.390 e. The van der Waals surface area contributed by atoms with Gasteiger partial charge in [-0.05, 0) is 34.2 Å². The molecule has 0 amide bonds. The van der Waals surface area contributed by atoms with Crippen LogP contribution in [0.15, 0.2) is 0 Å². The van der Waals surface area contributed by atoms with Crippen LogP contribution in [0.5, 0.6) is 0 Å². The summed E-state index contributed by atoms with van der Waals surface area (Å²) >= 11 is 0. The Kier molecular flexibility index (Phi) is 6.79. The van der Waals surface area contributed by atoms with Crippen LogP contribution >= 0.6 is 0 Å². The number of aliphatic carboxylic acids is 1. The van der Waals surface area contributed by atoms with Gasteiger partial charge in [-0.3, -0.25) is 10.1 Å². The minimum absolute atomic E-state index is 0.0124. The van der Waals surface area contributed by atoms with Crippen LogP contribution in [0.25, 0.3) is 0 Å². The molecule has 1 atom stereocenters. The van der Waals surface area contributed by atoms with E-state index in [9.17, 15) is 23.1 Å². The number of nitrogens with zero attached hydrogens (tertiary/aromatic N) is 1. The van der Waals surface area contributed by atoms with E-state index in [0.717, 1.165) is 0 Å². The first-order valence-electron chi connectivity index (χ1n) is 6.22. The van der Waals surface area contributed by atoms with Gasteiger partial charge in [0.25, 0.3) is 0 Å². The number of nitrogens with one attached hydrogen (secondary N) is 1. The molecule has 0 heterocycles. The van der Waals surface area contributed by atoms with Crippen molar-refractivity contribution in [3.8, 4) is 0 Å². The number of carbonyl (C=O) groups is 1. The van der Waals surface area contributed by atoms with Gasteiger partial charge in [-0.15, -0.1) is 0 Å². The van der Waals surface area contributed by atoms with Gasteiger partial charge in [-0.2, -0.15) is 13.2 Å². The lowest BCUT2D eigenvalue weighted by Crippen LogP contribution is -2.53. The highest BCUT2D eigenvalue weighted by Gasteiger charge is 2.33. The van der Waals surface area contributed by atoms with Crippen LogP contribution < -0.4 is 5.32 Å². The Labute approximate surface area is 112 Å². The molecule has 2 N–H and O–H groups in total. The molecule has 0 saturated carbocycles. The third kappa shape index (κ3) is 8.05. The lowest BCUT2D eigenvalue weighted by atomic mass is 9.96. The summed E-state index contributed by atoms with van der Waals surface area (Å²) in [5.41, 5.74) is -1.12. The number of hydrogen-bond acceptors (Lipinski definition) is 3. The molecule has 0 aromatic heterocycles. The number of hydrogen-bond donors (Lipinski definition) is 2. The predicted octanol–water partition coefficient (Wildman–Crippen LogP) is 2.10. The van der Waals surface area contributed by atoms with E-state index in [2.05, 4.69) is 5.32 Å². The number of rotatable bonds is 8. The fourth-order valence-corrected chi connectivity index (χ4v) is 1.72. The van der Waals surface area contributed by atoms with Crippen molar-refractivity contribution in [1.82, 2.24) is 10.2 Å². The van der Waals surface area contributed by atoms with Gasteiger partial charge in [-0.1, -0.05) is 0 Å². The fraction of sp³-hybridized carbons (Fsp3) is 0.917. The summed E-state index contributed by atoms with van der Waals surface area (Å²) < 4.78 is 36.2. The van der Waals surface area contributed by atoms with E-state index >= 15 is 0 Å². The average Bonchev–Trinajstić information content (AvgIpc) is 2.21. The van der Waals surface area contributed by atoms with Gasteiger partial charge in [-0.25, -0.2) is 0 Å². The molecule has 0 bridgehead atoms. The highest BCUT2D eigenvalue weighted by molar-refractivity contribution is 5.78. The Morgan fingerprint density at radius 3 is 2.11 bits per heavy atom. The van der Waals surface area contributed by atoms with Crippen molar-refractivity contribution in [2.75, 3.05) is 20.1 Å². The van der Waals surface area contributed by atoms with Crippen LogP contribution in [0.1, 0.15) is 33.6 Å². The van der Waals surface area contributed by atoms with Crippen LogP contribution in [0.4, 0.5) is 13.2 Å². The molecule has 0 spiro atoms. The normalized spacial score (nSPS) is 15.8. The predicted molar refractivity (Wildman–Crippen MR) is 67.1 cm³/mol. The molecule has 114 valence electrons. The van der Waals surface area contributed by atoms with E-state index in [0.29, 0.717) is 6.54 Å². The van der Waals surface area contributed by atoms with Crippen LogP contribution in [-0.2, 0) is 4.79 Å². The minimum atomic E-state index is -4.18. The maximum absolute atomic E-state index is 12.1. The lowest BCUT2D eigenvalue weighted by Gasteiger charge is -2.30. The summed E-state index contributed by atoms with van der Waals surface area (Å²) in [5, 5.41) is 12.1.